The summed E-state index contributed by atoms with van der Waals surface area (Å²) < 4.78 is 36.0. The Labute approximate surface area is 155 Å². The van der Waals surface area contributed by atoms with Crippen LogP contribution in [-0.2, 0) is 19.4 Å². The summed E-state index contributed by atoms with van der Waals surface area (Å²) in [6.45, 7) is 4.24. The van der Waals surface area contributed by atoms with Gasteiger partial charge in [0, 0.05) is 5.41 Å². The molecule has 0 bridgehead atoms. The highest BCUT2D eigenvalue weighted by Gasteiger charge is 2.61. The lowest BCUT2D eigenvalue weighted by Crippen LogP contribution is -2.50. The number of ketones is 1. The average Bonchev–Trinajstić information content (AvgIpc) is 2.78. The van der Waals surface area contributed by atoms with Crippen molar-refractivity contribution in [3.05, 3.63) is 11.6 Å². The van der Waals surface area contributed by atoms with Gasteiger partial charge < -0.3 is 5.11 Å². The Morgan fingerprint density at radius 1 is 1.15 bits per heavy atom. The van der Waals surface area contributed by atoms with Crippen LogP contribution in [0.2, 0.25) is 0 Å². The number of hydrogen-bond donors (Lipinski definition) is 2. The smallest absolute Gasteiger partial charge is 0.393 e. The van der Waals surface area contributed by atoms with Gasteiger partial charge >= 0.3 is 10.4 Å². The van der Waals surface area contributed by atoms with Crippen LogP contribution in [0.1, 0.15) is 58.8 Å². The van der Waals surface area contributed by atoms with Crippen molar-refractivity contribution >= 4 is 16.2 Å². The van der Waals surface area contributed by atoms with E-state index in [4.69, 9.17) is 8.74 Å². The molecule has 0 radical (unpaired) electrons. The lowest BCUT2D eigenvalue weighted by atomic mass is 9.48. The van der Waals surface area contributed by atoms with Gasteiger partial charge in [0.25, 0.3) is 0 Å². The number of fused-ring (bicyclic) bond motifs is 5. The molecule has 6 nitrogen and oxygen atoms in total. The van der Waals surface area contributed by atoms with Crippen LogP contribution in [0.15, 0.2) is 11.6 Å². The zero-order chi connectivity index (χ0) is 18.9. The molecule has 0 aliphatic heterocycles. The number of carbonyl (C=O) groups is 1. The predicted octanol–water partition coefficient (Wildman–Crippen LogP) is 2.68. The van der Waals surface area contributed by atoms with Gasteiger partial charge in [0.15, 0.2) is 5.78 Å². The molecule has 0 spiro atoms. The first-order valence-electron chi connectivity index (χ1n) is 9.62. The summed E-state index contributed by atoms with van der Waals surface area (Å²) in [6, 6.07) is 0. The van der Waals surface area contributed by atoms with Crippen molar-refractivity contribution in [3.8, 4) is 0 Å². The first-order chi connectivity index (χ1) is 12.0. The van der Waals surface area contributed by atoms with E-state index in [9.17, 15) is 18.3 Å². The maximum absolute atomic E-state index is 12.9. The lowest BCUT2D eigenvalue weighted by Gasteiger charge is -2.56. The fraction of sp³-hybridized carbons (Fsp3) is 0.842. The fourth-order valence-electron chi connectivity index (χ4n) is 6.64. The van der Waals surface area contributed by atoms with Crippen LogP contribution in [0.5, 0.6) is 0 Å². The average molecular weight is 384 g/mol. The fourth-order valence-corrected chi connectivity index (χ4v) is 7.10. The Morgan fingerprint density at radius 3 is 2.54 bits per heavy atom. The summed E-state index contributed by atoms with van der Waals surface area (Å²) in [6.07, 6.45) is 6.36. The van der Waals surface area contributed by atoms with Crippen molar-refractivity contribution in [2.45, 2.75) is 71.0 Å². The molecular formula is C19H28O6S. The van der Waals surface area contributed by atoms with Gasteiger partial charge in [-0.25, -0.2) is 4.18 Å². The molecular weight excluding hydrogens is 356 g/mol. The van der Waals surface area contributed by atoms with Crippen LogP contribution in [0, 0.1) is 28.6 Å². The van der Waals surface area contributed by atoms with Crippen molar-refractivity contribution < 1.29 is 27.1 Å². The molecule has 0 amide bonds. The van der Waals surface area contributed by atoms with Gasteiger partial charge in [0.05, 0.1) is 6.10 Å². The zero-order valence-corrected chi connectivity index (χ0v) is 16.2. The molecule has 3 fully saturated rings. The topological polar surface area (TPSA) is 101 Å². The van der Waals surface area contributed by atoms with Gasteiger partial charge in [0.2, 0.25) is 0 Å². The molecule has 4 aliphatic carbocycles. The van der Waals surface area contributed by atoms with E-state index in [2.05, 4.69) is 13.0 Å². The van der Waals surface area contributed by atoms with Crippen LogP contribution in [0.3, 0.4) is 0 Å². The molecule has 0 heterocycles. The number of rotatable bonds is 2. The predicted molar refractivity (Wildman–Crippen MR) is 94.5 cm³/mol. The lowest BCUT2D eigenvalue weighted by molar-refractivity contribution is -0.136. The molecule has 4 aliphatic rings. The molecule has 7 heteroatoms. The number of hydrogen-bond acceptors (Lipinski definition) is 5. The number of carbonyl (C=O) groups excluding carboxylic acids is 1. The second-order valence-electron chi connectivity index (χ2n) is 9.22. The highest BCUT2D eigenvalue weighted by atomic mass is 32.3. The van der Waals surface area contributed by atoms with E-state index in [0.717, 1.165) is 38.5 Å². The van der Waals surface area contributed by atoms with Gasteiger partial charge in [-0.05, 0) is 68.1 Å². The maximum Gasteiger partial charge on any atom is 0.398 e. The maximum atomic E-state index is 12.9. The van der Waals surface area contributed by atoms with Gasteiger partial charge in [-0.2, -0.15) is 8.42 Å². The second kappa shape index (κ2) is 5.87. The third-order valence-corrected chi connectivity index (χ3v) is 8.50. The molecule has 0 aromatic heterocycles. The molecule has 0 aromatic carbocycles. The summed E-state index contributed by atoms with van der Waals surface area (Å²) in [4.78, 5) is 12.9. The molecule has 2 N–H and O–H groups in total. The minimum absolute atomic E-state index is 0.0640. The standard InChI is InChI=1S/C19H28O6S/c1-18-7-5-12(20)9-11(18)3-4-13-14(18)6-8-19(2)15(13)10-16(17(19)21)25-26(22,23)24/h3,12-16,20H,4-10H2,1-2H3,(H,22,23,24). The van der Waals surface area contributed by atoms with Crippen LogP contribution >= 0.6 is 0 Å². The number of aliphatic hydroxyl groups excluding tert-OH is 1. The van der Waals surface area contributed by atoms with E-state index in [1.54, 1.807) is 0 Å². The number of allylic oxidation sites excluding steroid dienone is 1. The molecule has 0 aromatic rings. The summed E-state index contributed by atoms with van der Waals surface area (Å²) in [7, 11) is -4.64. The minimum atomic E-state index is -4.64. The Kier molecular flexibility index (Phi) is 4.20. The third-order valence-electron chi connectivity index (χ3n) is 8.03. The summed E-state index contributed by atoms with van der Waals surface area (Å²) in [5.74, 6) is 0.654. The van der Waals surface area contributed by atoms with E-state index < -0.39 is 21.9 Å². The molecule has 146 valence electrons. The van der Waals surface area contributed by atoms with Crippen LogP contribution in [-0.4, -0.2) is 36.1 Å². The quantitative estimate of drug-likeness (QED) is 0.561. The Hall–Kier alpha value is -0.760. The summed E-state index contributed by atoms with van der Waals surface area (Å²) in [5, 5.41) is 10.0. The normalized spacial score (nSPS) is 48.4. The van der Waals surface area contributed by atoms with E-state index in [1.807, 2.05) is 6.92 Å². The van der Waals surface area contributed by atoms with Crippen molar-refractivity contribution in [1.29, 1.82) is 0 Å². The van der Waals surface area contributed by atoms with Crippen molar-refractivity contribution in [3.63, 3.8) is 0 Å². The third kappa shape index (κ3) is 2.70. The second-order valence-corrected chi connectivity index (χ2v) is 10.3. The van der Waals surface area contributed by atoms with Gasteiger partial charge in [0.1, 0.15) is 6.10 Å². The molecule has 4 rings (SSSR count). The molecule has 7 atom stereocenters. The Balaban J connectivity index is 1.65. The monoisotopic (exact) mass is 384 g/mol. The highest BCUT2D eigenvalue weighted by Crippen LogP contribution is 2.64. The van der Waals surface area contributed by atoms with E-state index >= 15 is 0 Å². The number of Topliss-reactive ketones (excluding diaryl/α,β-unsaturated/α-hetero) is 1. The number of aliphatic hydroxyl groups is 1. The molecule has 7 unspecified atom stereocenters. The van der Waals surface area contributed by atoms with E-state index in [1.165, 1.54) is 5.57 Å². The highest BCUT2D eigenvalue weighted by molar-refractivity contribution is 7.80. The van der Waals surface area contributed by atoms with Crippen LogP contribution in [0.25, 0.3) is 0 Å². The van der Waals surface area contributed by atoms with Crippen molar-refractivity contribution in [2.24, 2.45) is 28.6 Å². The summed E-state index contributed by atoms with van der Waals surface area (Å²) in [5.41, 5.74) is 0.845. The first kappa shape index (κ1) is 18.6. The van der Waals surface area contributed by atoms with Crippen LogP contribution < -0.4 is 0 Å². The van der Waals surface area contributed by atoms with Crippen molar-refractivity contribution in [1.82, 2.24) is 0 Å². The first-order valence-corrected chi connectivity index (χ1v) is 11.0. The zero-order valence-electron chi connectivity index (χ0n) is 15.3. The largest absolute Gasteiger partial charge is 0.398 e. The molecule has 3 saturated carbocycles. The summed E-state index contributed by atoms with van der Waals surface area (Å²) >= 11 is 0. The molecule has 26 heavy (non-hydrogen) atoms. The van der Waals surface area contributed by atoms with E-state index in [-0.39, 0.29) is 23.2 Å². The SMILES string of the molecule is CC12CCC3C(CC=C4CC(O)CCC43C)C1CC(OS(=O)(=O)O)C2=O. The van der Waals surface area contributed by atoms with Crippen molar-refractivity contribution in [2.75, 3.05) is 0 Å². The minimum Gasteiger partial charge on any atom is -0.393 e. The van der Waals surface area contributed by atoms with Crippen LogP contribution in [0.4, 0.5) is 0 Å². The van der Waals surface area contributed by atoms with E-state index in [0.29, 0.717) is 18.3 Å². The Morgan fingerprint density at radius 2 is 1.85 bits per heavy atom. The van der Waals surface area contributed by atoms with Gasteiger partial charge in [-0.15, -0.1) is 0 Å². The Bertz CT molecular complexity index is 758. The molecule has 0 saturated heterocycles. The van der Waals surface area contributed by atoms with Gasteiger partial charge in [-0.3, -0.25) is 9.35 Å². The van der Waals surface area contributed by atoms with Gasteiger partial charge in [-0.1, -0.05) is 25.5 Å².